The quantitative estimate of drug-likeness (QED) is 0.396. The standard InChI is InChI=1S/C23H30N2O3S/c1-3-4-5-6-7-16-28-21-14-10-19(11-15-21)24-23(29)25-22(26)17-18-8-12-20(27-2)13-9-18/h8-15H,3-7,16-17H2,1-2H3,(H2,24,25,26,29). The topological polar surface area (TPSA) is 59.6 Å². The van der Waals surface area contributed by atoms with E-state index in [2.05, 4.69) is 17.6 Å². The summed E-state index contributed by atoms with van der Waals surface area (Å²) in [6.45, 7) is 2.94. The number of rotatable bonds is 11. The van der Waals surface area contributed by atoms with Crippen LogP contribution in [0.3, 0.4) is 0 Å². The highest BCUT2D eigenvalue weighted by Crippen LogP contribution is 2.16. The zero-order valence-electron chi connectivity index (χ0n) is 17.2. The number of hydrogen-bond acceptors (Lipinski definition) is 4. The van der Waals surface area contributed by atoms with Gasteiger partial charge in [-0.2, -0.15) is 0 Å². The molecule has 2 aromatic carbocycles. The third-order valence-electron chi connectivity index (χ3n) is 4.41. The molecule has 0 aromatic heterocycles. The van der Waals surface area contributed by atoms with E-state index in [4.69, 9.17) is 21.7 Å². The van der Waals surface area contributed by atoms with Gasteiger partial charge in [-0.3, -0.25) is 4.79 Å². The van der Waals surface area contributed by atoms with Gasteiger partial charge in [0.25, 0.3) is 0 Å². The molecule has 0 saturated carbocycles. The Labute approximate surface area is 178 Å². The number of amides is 1. The molecule has 0 saturated heterocycles. The lowest BCUT2D eigenvalue weighted by Gasteiger charge is -2.11. The summed E-state index contributed by atoms with van der Waals surface area (Å²) < 4.78 is 10.9. The summed E-state index contributed by atoms with van der Waals surface area (Å²) in [5, 5.41) is 5.99. The van der Waals surface area contributed by atoms with E-state index in [-0.39, 0.29) is 17.4 Å². The average Bonchev–Trinajstić information content (AvgIpc) is 2.72. The van der Waals surface area contributed by atoms with Gasteiger partial charge in [-0.1, -0.05) is 44.7 Å². The number of thiocarbonyl (C=S) groups is 1. The molecule has 2 N–H and O–H groups in total. The van der Waals surface area contributed by atoms with Crippen LogP contribution in [0.2, 0.25) is 0 Å². The van der Waals surface area contributed by atoms with Gasteiger partial charge in [-0.15, -0.1) is 0 Å². The molecule has 0 bridgehead atoms. The van der Waals surface area contributed by atoms with E-state index in [0.717, 1.165) is 35.8 Å². The molecule has 2 aromatic rings. The van der Waals surface area contributed by atoms with E-state index in [9.17, 15) is 4.79 Å². The molecular formula is C23H30N2O3S. The van der Waals surface area contributed by atoms with Crippen molar-refractivity contribution in [3.05, 3.63) is 54.1 Å². The molecule has 1 amide bonds. The van der Waals surface area contributed by atoms with Crippen molar-refractivity contribution in [1.29, 1.82) is 0 Å². The number of hydrogen-bond donors (Lipinski definition) is 2. The maximum Gasteiger partial charge on any atom is 0.230 e. The predicted octanol–water partition coefficient (Wildman–Crippen LogP) is 5.10. The lowest BCUT2D eigenvalue weighted by atomic mass is 10.1. The van der Waals surface area contributed by atoms with Crippen molar-refractivity contribution in [2.24, 2.45) is 0 Å². The minimum absolute atomic E-state index is 0.171. The van der Waals surface area contributed by atoms with E-state index in [1.807, 2.05) is 48.5 Å². The molecule has 0 heterocycles. The summed E-state index contributed by atoms with van der Waals surface area (Å²) in [7, 11) is 1.61. The number of methoxy groups -OCH3 is 1. The smallest absolute Gasteiger partial charge is 0.230 e. The number of carbonyl (C=O) groups excluding carboxylic acids is 1. The Hall–Kier alpha value is -2.60. The molecular weight excluding hydrogens is 384 g/mol. The first-order chi connectivity index (χ1) is 14.1. The van der Waals surface area contributed by atoms with Crippen LogP contribution >= 0.6 is 12.2 Å². The van der Waals surface area contributed by atoms with Crippen LogP contribution in [0.15, 0.2) is 48.5 Å². The molecule has 0 unspecified atom stereocenters. The first-order valence-corrected chi connectivity index (χ1v) is 10.5. The van der Waals surface area contributed by atoms with Crippen LogP contribution in [0.25, 0.3) is 0 Å². The fourth-order valence-corrected chi connectivity index (χ4v) is 3.02. The van der Waals surface area contributed by atoms with Crippen LogP contribution in [-0.2, 0) is 11.2 Å². The number of ether oxygens (including phenoxy) is 2. The van der Waals surface area contributed by atoms with Gasteiger partial charge in [0.05, 0.1) is 20.1 Å². The van der Waals surface area contributed by atoms with E-state index in [1.54, 1.807) is 7.11 Å². The normalized spacial score (nSPS) is 10.3. The third kappa shape index (κ3) is 8.96. The van der Waals surface area contributed by atoms with Crippen LogP contribution in [-0.4, -0.2) is 24.7 Å². The largest absolute Gasteiger partial charge is 0.497 e. The Morgan fingerprint density at radius 3 is 2.24 bits per heavy atom. The van der Waals surface area contributed by atoms with Crippen molar-refractivity contribution >= 4 is 28.9 Å². The van der Waals surface area contributed by atoms with Crippen molar-refractivity contribution in [1.82, 2.24) is 5.32 Å². The third-order valence-corrected chi connectivity index (χ3v) is 4.61. The fraction of sp³-hybridized carbons (Fsp3) is 0.391. The maximum absolute atomic E-state index is 12.1. The highest BCUT2D eigenvalue weighted by Gasteiger charge is 2.07. The molecule has 0 spiro atoms. The van der Waals surface area contributed by atoms with Gasteiger partial charge in [0.2, 0.25) is 5.91 Å². The Morgan fingerprint density at radius 2 is 1.59 bits per heavy atom. The summed E-state index contributed by atoms with van der Waals surface area (Å²) >= 11 is 5.23. The van der Waals surface area contributed by atoms with Gasteiger partial charge in [-0.05, 0) is 60.6 Å². The minimum atomic E-state index is -0.171. The number of unbranched alkanes of at least 4 members (excludes halogenated alkanes) is 4. The molecule has 29 heavy (non-hydrogen) atoms. The molecule has 0 aliphatic heterocycles. The molecule has 156 valence electrons. The van der Waals surface area contributed by atoms with Crippen LogP contribution in [0.4, 0.5) is 5.69 Å². The van der Waals surface area contributed by atoms with Crippen LogP contribution in [0, 0.1) is 0 Å². The zero-order valence-corrected chi connectivity index (χ0v) is 18.0. The van der Waals surface area contributed by atoms with Gasteiger partial charge < -0.3 is 20.1 Å². The first-order valence-electron chi connectivity index (χ1n) is 10.1. The molecule has 6 heteroatoms. The second-order valence-corrected chi connectivity index (χ2v) is 7.22. The Balaban J connectivity index is 1.70. The van der Waals surface area contributed by atoms with E-state index in [1.165, 1.54) is 25.7 Å². The molecule has 0 atom stereocenters. The van der Waals surface area contributed by atoms with E-state index < -0.39 is 0 Å². The lowest BCUT2D eigenvalue weighted by Crippen LogP contribution is -2.35. The molecule has 0 aliphatic rings. The summed E-state index contributed by atoms with van der Waals surface area (Å²) in [4.78, 5) is 12.1. The Kier molecular flexibility index (Phi) is 10.00. The van der Waals surface area contributed by atoms with Crippen molar-refractivity contribution in [3.8, 4) is 11.5 Å². The van der Waals surface area contributed by atoms with Crippen molar-refractivity contribution in [2.45, 2.75) is 45.4 Å². The van der Waals surface area contributed by atoms with Crippen LogP contribution in [0.5, 0.6) is 11.5 Å². The van der Waals surface area contributed by atoms with Crippen molar-refractivity contribution < 1.29 is 14.3 Å². The molecule has 0 aliphatic carbocycles. The fourth-order valence-electron chi connectivity index (χ4n) is 2.79. The van der Waals surface area contributed by atoms with Crippen LogP contribution < -0.4 is 20.1 Å². The molecule has 2 rings (SSSR count). The van der Waals surface area contributed by atoms with Crippen LogP contribution in [0.1, 0.15) is 44.6 Å². The second kappa shape index (κ2) is 12.8. The highest BCUT2D eigenvalue weighted by atomic mass is 32.1. The number of carbonyl (C=O) groups is 1. The van der Waals surface area contributed by atoms with Gasteiger partial charge in [-0.25, -0.2) is 0 Å². The number of benzene rings is 2. The van der Waals surface area contributed by atoms with E-state index in [0.29, 0.717) is 0 Å². The Bertz CT molecular complexity index is 761. The molecule has 0 radical (unpaired) electrons. The highest BCUT2D eigenvalue weighted by molar-refractivity contribution is 7.80. The molecule has 0 fully saturated rings. The summed E-state index contributed by atoms with van der Waals surface area (Å²) in [5.41, 5.74) is 1.69. The number of anilines is 1. The monoisotopic (exact) mass is 414 g/mol. The van der Waals surface area contributed by atoms with Gasteiger partial charge in [0.15, 0.2) is 5.11 Å². The second-order valence-electron chi connectivity index (χ2n) is 6.81. The summed E-state index contributed by atoms with van der Waals surface area (Å²) in [5.74, 6) is 1.42. The average molecular weight is 415 g/mol. The Morgan fingerprint density at radius 1 is 0.931 bits per heavy atom. The number of nitrogens with one attached hydrogen (secondary N) is 2. The minimum Gasteiger partial charge on any atom is -0.497 e. The van der Waals surface area contributed by atoms with Gasteiger partial charge in [0.1, 0.15) is 11.5 Å². The lowest BCUT2D eigenvalue weighted by molar-refractivity contribution is -0.119. The van der Waals surface area contributed by atoms with Crippen molar-refractivity contribution in [3.63, 3.8) is 0 Å². The first kappa shape index (κ1) is 22.7. The predicted molar refractivity (Wildman–Crippen MR) is 122 cm³/mol. The zero-order chi connectivity index (χ0) is 20.9. The molecule has 5 nitrogen and oxygen atoms in total. The van der Waals surface area contributed by atoms with E-state index >= 15 is 0 Å². The SMILES string of the molecule is CCCCCCCOc1ccc(NC(=S)NC(=O)Cc2ccc(OC)cc2)cc1. The van der Waals surface area contributed by atoms with Gasteiger partial charge in [0, 0.05) is 5.69 Å². The summed E-state index contributed by atoms with van der Waals surface area (Å²) in [6.07, 6.45) is 6.33. The maximum atomic E-state index is 12.1. The summed E-state index contributed by atoms with van der Waals surface area (Å²) in [6, 6.07) is 14.9. The van der Waals surface area contributed by atoms with Gasteiger partial charge >= 0.3 is 0 Å². The van der Waals surface area contributed by atoms with Crippen molar-refractivity contribution in [2.75, 3.05) is 19.0 Å².